The lowest BCUT2D eigenvalue weighted by Crippen LogP contribution is -2.36. The number of hydrogen-bond donors (Lipinski definition) is 1. The van der Waals surface area contributed by atoms with Crippen LogP contribution in [0.2, 0.25) is 0 Å². The molecule has 1 aliphatic carbocycles. The average molecular weight is 301 g/mol. The lowest BCUT2D eigenvalue weighted by molar-refractivity contribution is -0.136. The smallest absolute Gasteiger partial charge is 0.168 e. The summed E-state index contributed by atoms with van der Waals surface area (Å²) in [6.07, 6.45) is 2.69. The molecule has 1 aromatic rings. The van der Waals surface area contributed by atoms with E-state index in [-0.39, 0.29) is 12.2 Å². The number of ketones is 1. The number of Topliss-reactive ketones (excluding diaryl/α,β-unsaturated/α-hetero) is 1. The van der Waals surface area contributed by atoms with E-state index in [1.165, 1.54) is 6.07 Å². The Labute approximate surface area is 108 Å². The van der Waals surface area contributed by atoms with Gasteiger partial charge in [-0.2, -0.15) is 0 Å². The van der Waals surface area contributed by atoms with Gasteiger partial charge < -0.3 is 5.11 Å². The molecule has 1 aromatic carbocycles. The summed E-state index contributed by atoms with van der Waals surface area (Å²) < 4.78 is 14.2. The van der Waals surface area contributed by atoms with Crippen molar-refractivity contribution in [1.29, 1.82) is 0 Å². The third-order valence-electron chi connectivity index (χ3n) is 3.31. The van der Waals surface area contributed by atoms with E-state index in [1.54, 1.807) is 12.1 Å². The maximum absolute atomic E-state index is 13.5. The van der Waals surface area contributed by atoms with Crippen LogP contribution in [0.4, 0.5) is 4.39 Å². The number of aliphatic hydroxyl groups is 1. The highest BCUT2D eigenvalue weighted by atomic mass is 79.9. The molecule has 0 radical (unpaired) electrons. The lowest BCUT2D eigenvalue weighted by Gasteiger charge is -2.20. The molecule has 0 aliphatic heterocycles. The van der Waals surface area contributed by atoms with Gasteiger partial charge in [0.25, 0.3) is 0 Å². The average Bonchev–Trinajstić information content (AvgIpc) is 2.72. The summed E-state index contributed by atoms with van der Waals surface area (Å²) in [7, 11) is 0. The Bertz CT molecular complexity index is 439. The van der Waals surface area contributed by atoms with E-state index >= 15 is 0 Å². The molecule has 0 bridgehead atoms. The summed E-state index contributed by atoms with van der Waals surface area (Å²) in [5, 5.41) is 10.1. The molecule has 1 saturated carbocycles. The molecule has 0 aromatic heterocycles. The molecule has 4 heteroatoms. The summed E-state index contributed by atoms with van der Waals surface area (Å²) in [6, 6.07) is 4.50. The topological polar surface area (TPSA) is 37.3 Å². The molecule has 0 unspecified atom stereocenters. The van der Waals surface area contributed by atoms with Gasteiger partial charge in [0, 0.05) is 10.9 Å². The van der Waals surface area contributed by atoms with Gasteiger partial charge in [-0.25, -0.2) is 4.39 Å². The second-order valence-electron chi connectivity index (χ2n) is 4.57. The van der Waals surface area contributed by atoms with Crippen molar-refractivity contribution < 1.29 is 14.3 Å². The van der Waals surface area contributed by atoms with E-state index in [9.17, 15) is 14.3 Å². The Morgan fingerprint density at radius 3 is 2.71 bits per heavy atom. The fourth-order valence-corrected chi connectivity index (χ4v) is 2.66. The van der Waals surface area contributed by atoms with Crippen LogP contribution in [-0.4, -0.2) is 16.5 Å². The first kappa shape index (κ1) is 12.7. The van der Waals surface area contributed by atoms with Crippen LogP contribution in [0.1, 0.15) is 31.2 Å². The predicted molar refractivity (Wildman–Crippen MR) is 66.2 cm³/mol. The first-order chi connectivity index (χ1) is 8.01. The zero-order valence-corrected chi connectivity index (χ0v) is 11.0. The predicted octanol–water partition coefficient (Wildman–Crippen LogP) is 3.00. The van der Waals surface area contributed by atoms with Crippen LogP contribution in [0.3, 0.4) is 0 Å². The molecule has 92 valence electrons. The fraction of sp³-hybridized carbons (Fsp3) is 0.462. The van der Waals surface area contributed by atoms with Gasteiger partial charge in [-0.3, -0.25) is 4.79 Å². The van der Waals surface area contributed by atoms with Crippen LogP contribution >= 0.6 is 15.9 Å². The van der Waals surface area contributed by atoms with E-state index in [1.807, 2.05) is 0 Å². The minimum absolute atomic E-state index is 0.0399. The second-order valence-corrected chi connectivity index (χ2v) is 5.49. The molecule has 17 heavy (non-hydrogen) atoms. The van der Waals surface area contributed by atoms with Crippen molar-refractivity contribution >= 4 is 21.7 Å². The highest BCUT2D eigenvalue weighted by Gasteiger charge is 2.38. The molecule has 2 rings (SSSR count). The number of hydrogen-bond acceptors (Lipinski definition) is 2. The van der Waals surface area contributed by atoms with Crippen LogP contribution in [0.25, 0.3) is 0 Å². The number of carbonyl (C=O) groups is 1. The number of rotatable bonds is 3. The number of carbonyl (C=O) groups excluding carboxylic acids is 1. The van der Waals surface area contributed by atoms with Gasteiger partial charge >= 0.3 is 0 Å². The highest BCUT2D eigenvalue weighted by Crippen LogP contribution is 2.31. The third kappa shape index (κ3) is 2.75. The Balaban J connectivity index is 2.15. The number of halogens is 2. The molecule has 0 heterocycles. The molecule has 0 amide bonds. The van der Waals surface area contributed by atoms with Crippen molar-refractivity contribution in [2.75, 3.05) is 0 Å². The zero-order valence-electron chi connectivity index (χ0n) is 9.38. The van der Waals surface area contributed by atoms with E-state index in [4.69, 9.17) is 0 Å². The van der Waals surface area contributed by atoms with Crippen molar-refractivity contribution in [3.63, 3.8) is 0 Å². The largest absolute Gasteiger partial charge is 0.382 e. The molecule has 2 nitrogen and oxygen atoms in total. The van der Waals surface area contributed by atoms with Crippen molar-refractivity contribution in [2.24, 2.45) is 0 Å². The molecule has 1 aliphatic rings. The van der Waals surface area contributed by atoms with Gasteiger partial charge in [0.2, 0.25) is 0 Å². The van der Waals surface area contributed by atoms with Crippen LogP contribution in [0.5, 0.6) is 0 Å². The highest BCUT2D eigenvalue weighted by molar-refractivity contribution is 9.10. The van der Waals surface area contributed by atoms with Gasteiger partial charge in [0.1, 0.15) is 11.4 Å². The first-order valence-corrected chi connectivity index (χ1v) is 6.50. The van der Waals surface area contributed by atoms with E-state index in [0.717, 1.165) is 17.3 Å². The summed E-state index contributed by atoms with van der Waals surface area (Å²) >= 11 is 3.24. The summed E-state index contributed by atoms with van der Waals surface area (Å²) in [5.41, 5.74) is -0.890. The Morgan fingerprint density at radius 1 is 1.41 bits per heavy atom. The van der Waals surface area contributed by atoms with Crippen molar-refractivity contribution in [3.05, 3.63) is 34.1 Å². The molecule has 0 spiro atoms. The molecule has 0 saturated heterocycles. The monoisotopic (exact) mass is 300 g/mol. The van der Waals surface area contributed by atoms with E-state index < -0.39 is 11.4 Å². The van der Waals surface area contributed by atoms with Crippen LogP contribution in [0, 0.1) is 5.82 Å². The molecule has 1 fully saturated rings. The Hall–Kier alpha value is -0.740. The van der Waals surface area contributed by atoms with Gasteiger partial charge in [0.15, 0.2) is 5.78 Å². The van der Waals surface area contributed by atoms with Crippen LogP contribution < -0.4 is 0 Å². The van der Waals surface area contributed by atoms with Gasteiger partial charge in [0.05, 0.1) is 0 Å². The van der Waals surface area contributed by atoms with E-state index in [0.29, 0.717) is 18.4 Å². The van der Waals surface area contributed by atoms with Crippen LogP contribution in [0.15, 0.2) is 22.7 Å². The maximum atomic E-state index is 13.5. The molecular formula is C13H14BrFO2. The van der Waals surface area contributed by atoms with Gasteiger partial charge in [-0.15, -0.1) is 0 Å². The number of benzene rings is 1. The standard InChI is InChI=1S/C13H14BrFO2/c14-10-3-4-11(15)9(7-10)8-12(16)13(17)5-1-2-6-13/h3-4,7,17H,1-2,5-6,8H2. The van der Waals surface area contributed by atoms with Crippen molar-refractivity contribution in [1.82, 2.24) is 0 Å². The van der Waals surface area contributed by atoms with Crippen molar-refractivity contribution in [3.8, 4) is 0 Å². The third-order valence-corrected chi connectivity index (χ3v) is 3.80. The summed E-state index contributed by atoms with van der Waals surface area (Å²) in [4.78, 5) is 12.0. The molecule has 1 N–H and O–H groups in total. The quantitative estimate of drug-likeness (QED) is 0.932. The maximum Gasteiger partial charge on any atom is 0.168 e. The summed E-state index contributed by atoms with van der Waals surface area (Å²) in [6.45, 7) is 0. The van der Waals surface area contributed by atoms with E-state index in [2.05, 4.69) is 15.9 Å². The second kappa shape index (κ2) is 4.86. The fourth-order valence-electron chi connectivity index (χ4n) is 2.26. The van der Waals surface area contributed by atoms with Crippen molar-refractivity contribution in [2.45, 2.75) is 37.7 Å². The normalized spacial score (nSPS) is 18.3. The Morgan fingerprint density at radius 2 is 2.06 bits per heavy atom. The lowest BCUT2D eigenvalue weighted by atomic mass is 9.92. The zero-order chi connectivity index (χ0) is 12.5. The van der Waals surface area contributed by atoms with Crippen LogP contribution in [-0.2, 0) is 11.2 Å². The molecule has 0 atom stereocenters. The minimum atomic E-state index is -1.23. The molecular weight excluding hydrogens is 287 g/mol. The summed E-state index contributed by atoms with van der Waals surface area (Å²) in [5.74, 6) is -0.671. The van der Waals surface area contributed by atoms with Gasteiger partial charge in [-0.1, -0.05) is 15.9 Å². The van der Waals surface area contributed by atoms with Gasteiger partial charge in [-0.05, 0) is 49.4 Å². The SMILES string of the molecule is O=C(Cc1cc(Br)ccc1F)C1(O)CCCC1. The first-order valence-electron chi connectivity index (χ1n) is 5.71. The minimum Gasteiger partial charge on any atom is -0.382 e. The Kier molecular flexibility index (Phi) is 3.64.